The quantitative estimate of drug-likeness (QED) is 0.818. The standard InChI is InChI=1S/C18H28N2O3/c21-16(15-23-17-5-2-1-3-6-17)13-19-8-10-20(11-9-19)14-18-7-4-12-22-18/h1-3,5-6,16,18,21H,4,7-15H2/t16-,18-/m1/s1. The molecule has 0 spiro atoms. The maximum atomic E-state index is 10.2. The fourth-order valence-corrected chi connectivity index (χ4v) is 3.29. The molecule has 0 aromatic heterocycles. The Balaban J connectivity index is 1.31. The lowest BCUT2D eigenvalue weighted by atomic mass is 10.2. The highest BCUT2D eigenvalue weighted by atomic mass is 16.5. The predicted octanol–water partition coefficient (Wildman–Crippen LogP) is 1.22. The van der Waals surface area contributed by atoms with E-state index in [1.54, 1.807) is 0 Å². The first-order valence-corrected chi connectivity index (χ1v) is 8.72. The molecule has 0 saturated carbocycles. The molecule has 128 valence electrons. The molecule has 2 heterocycles. The van der Waals surface area contributed by atoms with Crippen molar-refractivity contribution in [3.63, 3.8) is 0 Å². The van der Waals surface area contributed by atoms with Crippen LogP contribution >= 0.6 is 0 Å². The number of nitrogens with zero attached hydrogens (tertiary/aromatic N) is 2. The normalized spacial score (nSPS) is 24.7. The summed E-state index contributed by atoms with van der Waals surface area (Å²) >= 11 is 0. The summed E-state index contributed by atoms with van der Waals surface area (Å²) in [5.41, 5.74) is 0. The van der Waals surface area contributed by atoms with Crippen molar-refractivity contribution in [1.82, 2.24) is 9.80 Å². The van der Waals surface area contributed by atoms with Gasteiger partial charge in [-0.25, -0.2) is 0 Å². The van der Waals surface area contributed by atoms with Crippen LogP contribution in [0.2, 0.25) is 0 Å². The Labute approximate surface area is 138 Å². The summed E-state index contributed by atoms with van der Waals surface area (Å²) in [5.74, 6) is 0.813. The highest BCUT2D eigenvalue weighted by Crippen LogP contribution is 2.14. The zero-order valence-electron chi connectivity index (χ0n) is 13.8. The molecule has 23 heavy (non-hydrogen) atoms. The van der Waals surface area contributed by atoms with Crippen LogP contribution in [-0.4, -0.2) is 79.6 Å². The molecule has 1 aromatic rings. The van der Waals surface area contributed by atoms with Crippen molar-refractivity contribution in [2.45, 2.75) is 25.0 Å². The Kier molecular flexibility index (Phi) is 6.28. The number of piperazine rings is 1. The largest absolute Gasteiger partial charge is 0.491 e. The zero-order chi connectivity index (χ0) is 15.9. The maximum Gasteiger partial charge on any atom is 0.119 e. The molecule has 1 aromatic carbocycles. The first kappa shape index (κ1) is 16.7. The van der Waals surface area contributed by atoms with Crippen molar-refractivity contribution in [3.05, 3.63) is 30.3 Å². The molecule has 0 aliphatic carbocycles. The number of aliphatic hydroxyl groups is 1. The van der Waals surface area contributed by atoms with Crippen LogP contribution in [-0.2, 0) is 4.74 Å². The van der Waals surface area contributed by atoms with Crippen LogP contribution in [0, 0.1) is 0 Å². The number of hydrogen-bond acceptors (Lipinski definition) is 5. The van der Waals surface area contributed by atoms with Gasteiger partial charge in [-0.05, 0) is 25.0 Å². The van der Waals surface area contributed by atoms with E-state index in [0.29, 0.717) is 19.3 Å². The second-order valence-electron chi connectivity index (χ2n) is 6.51. The zero-order valence-corrected chi connectivity index (χ0v) is 13.8. The summed E-state index contributed by atoms with van der Waals surface area (Å²) in [5, 5.41) is 10.2. The predicted molar refractivity (Wildman–Crippen MR) is 89.8 cm³/mol. The van der Waals surface area contributed by atoms with E-state index >= 15 is 0 Å². The van der Waals surface area contributed by atoms with Gasteiger partial charge >= 0.3 is 0 Å². The summed E-state index contributed by atoms with van der Waals surface area (Å²) in [6, 6.07) is 9.66. The fraction of sp³-hybridized carbons (Fsp3) is 0.667. The van der Waals surface area contributed by atoms with Crippen molar-refractivity contribution < 1.29 is 14.6 Å². The summed E-state index contributed by atoms with van der Waals surface area (Å²) in [6.45, 7) is 7.16. The van der Waals surface area contributed by atoms with Crippen molar-refractivity contribution >= 4 is 0 Å². The molecule has 2 aliphatic rings. The number of benzene rings is 1. The van der Waals surface area contributed by atoms with Crippen LogP contribution in [0.5, 0.6) is 5.75 Å². The van der Waals surface area contributed by atoms with Gasteiger partial charge in [-0.3, -0.25) is 9.80 Å². The number of ether oxygens (including phenoxy) is 2. The molecular weight excluding hydrogens is 292 g/mol. The Bertz CT molecular complexity index is 443. The molecule has 2 atom stereocenters. The van der Waals surface area contributed by atoms with E-state index in [1.807, 2.05) is 30.3 Å². The molecule has 2 fully saturated rings. The van der Waals surface area contributed by atoms with Crippen LogP contribution < -0.4 is 4.74 Å². The Morgan fingerprint density at radius 3 is 2.57 bits per heavy atom. The third kappa shape index (κ3) is 5.46. The summed E-state index contributed by atoms with van der Waals surface area (Å²) in [7, 11) is 0. The van der Waals surface area contributed by atoms with Gasteiger partial charge in [-0.1, -0.05) is 18.2 Å². The van der Waals surface area contributed by atoms with Gasteiger partial charge in [-0.15, -0.1) is 0 Å². The minimum absolute atomic E-state index is 0.347. The van der Waals surface area contributed by atoms with Crippen LogP contribution in [0.1, 0.15) is 12.8 Å². The van der Waals surface area contributed by atoms with E-state index in [-0.39, 0.29) is 0 Å². The Morgan fingerprint density at radius 2 is 1.87 bits per heavy atom. The monoisotopic (exact) mass is 320 g/mol. The van der Waals surface area contributed by atoms with Crippen molar-refractivity contribution in [2.24, 2.45) is 0 Å². The van der Waals surface area contributed by atoms with Gasteiger partial charge in [0.15, 0.2) is 0 Å². The molecule has 5 heteroatoms. The van der Waals surface area contributed by atoms with E-state index in [2.05, 4.69) is 9.80 Å². The highest BCUT2D eigenvalue weighted by molar-refractivity contribution is 5.20. The molecule has 0 unspecified atom stereocenters. The lowest BCUT2D eigenvalue weighted by Gasteiger charge is -2.36. The lowest BCUT2D eigenvalue weighted by Crippen LogP contribution is -2.50. The van der Waals surface area contributed by atoms with E-state index in [1.165, 1.54) is 12.8 Å². The summed E-state index contributed by atoms with van der Waals surface area (Å²) in [6.07, 6.45) is 2.40. The molecule has 2 aliphatic heterocycles. The van der Waals surface area contributed by atoms with Crippen molar-refractivity contribution in [2.75, 3.05) is 52.5 Å². The second kappa shape index (κ2) is 8.64. The number of hydrogen-bond donors (Lipinski definition) is 1. The molecule has 0 amide bonds. The Hall–Kier alpha value is -1.14. The topological polar surface area (TPSA) is 45.2 Å². The fourth-order valence-electron chi connectivity index (χ4n) is 3.29. The van der Waals surface area contributed by atoms with Gasteiger partial charge in [0.05, 0.1) is 6.10 Å². The molecule has 2 saturated heterocycles. The number of rotatable bonds is 7. The van der Waals surface area contributed by atoms with Gasteiger partial charge in [-0.2, -0.15) is 0 Å². The third-order valence-electron chi connectivity index (χ3n) is 4.61. The summed E-state index contributed by atoms with van der Waals surface area (Å²) < 4.78 is 11.3. The van der Waals surface area contributed by atoms with Gasteiger partial charge in [0.2, 0.25) is 0 Å². The lowest BCUT2D eigenvalue weighted by molar-refractivity contribution is 0.0263. The van der Waals surface area contributed by atoms with Gasteiger partial charge < -0.3 is 14.6 Å². The van der Waals surface area contributed by atoms with Crippen LogP contribution in [0.3, 0.4) is 0 Å². The van der Waals surface area contributed by atoms with E-state index in [9.17, 15) is 5.11 Å². The Morgan fingerprint density at radius 1 is 1.13 bits per heavy atom. The SMILES string of the molecule is O[C@@H](COc1ccccc1)CN1CCN(C[C@H]2CCCO2)CC1. The number of β-amino-alcohol motifs (C(OH)–C–C–N with tert-alkyl or cyclic N) is 1. The minimum Gasteiger partial charge on any atom is -0.491 e. The molecule has 0 radical (unpaired) electrons. The third-order valence-corrected chi connectivity index (χ3v) is 4.61. The molecular formula is C18H28N2O3. The van der Waals surface area contributed by atoms with Gasteiger partial charge in [0, 0.05) is 45.9 Å². The molecule has 3 rings (SSSR count). The van der Waals surface area contributed by atoms with E-state index in [4.69, 9.17) is 9.47 Å². The second-order valence-corrected chi connectivity index (χ2v) is 6.51. The smallest absolute Gasteiger partial charge is 0.119 e. The average Bonchev–Trinajstić information content (AvgIpc) is 3.09. The van der Waals surface area contributed by atoms with Crippen molar-refractivity contribution in [1.29, 1.82) is 0 Å². The highest BCUT2D eigenvalue weighted by Gasteiger charge is 2.23. The van der Waals surface area contributed by atoms with Crippen LogP contribution in [0.4, 0.5) is 0 Å². The first-order chi connectivity index (χ1) is 11.3. The summed E-state index contributed by atoms with van der Waals surface area (Å²) in [4.78, 5) is 4.81. The number of aliphatic hydroxyl groups excluding tert-OH is 1. The average molecular weight is 320 g/mol. The van der Waals surface area contributed by atoms with E-state index < -0.39 is 6.10 Å². The van der Waals surface area contributed by atoms with Crippen molar-refractivity contribution in [3.8, 4) is 5.75 Å². The molecule has 1 N–H and O–H groups in total. The van der Waals surface area contributed by atoms with Gasteiger partial charge in [0.25, 0.3) is 0 Å². The van der Waals surface area contributed by atoms with Crippen LogP contribution in [0.25, 0.3) is 0 Å². The van der Waals surface area contributed by atoms with E-state index in [0.717, 1.165) is 45.1 Å². The van der Waals surface area contributed by atoms with Gasteiger partial charge in [0.1, 0.15) is 18.5 Å². The maximum absolute atomic E-state index is 10.2. The first-order valence-electron chi connectivity index (χ1n) is 8.72. The number of para-hydroxylation sites is 1. The minimum atomic E-state index is -0.445. The van der Waals surface area contributed by atoms with Crippen LogP contribution in [0.15, 0.2) is 30.3 Å². The molecule has 5 nitrogen and oxygen atoms in total. The molecule has 0 bridgehead atoms.